The summed E-state index contributed by atoms with van der Waals surface area (Å²) >= 11 is 4.79. The molecule has 0 spiro atoms. The van der Waals surface area contributed by atoms with Gasteiger partial charge in [-0.25, -0.2) is 9.59 Å². The Labute approximate surface area is 118 Å². The van der Waals surface area contributed by atoms with Crippen LogP contribution in [0.2, 0.25) is 0 Å². The molecular weight excluding hydrogens is 270 g/mol. The van der Waals surface area contributed by atoms with Crippen molar-refractivity contribution < 1.29 is 24.2 Å². The fourth-order valence-corrected chi connectivity index (χ4v) is 1.60. The summed E-state index contributed by atoms with van der Waals surface area (Å²) in [6.07, 6.45) is -0.821. The predicted octanol–water partition coefficient (Wildman–Crippen LogP) is 2.11. The van der Waals surface area contributed by atoms with Crippen molar-refractivity contribution in [3.05, 3.63) is 0 Å². The Morgan fingerprint density at radius 2 is 1.63 bits per heavy atom. The van der Waals surface area contributed by atoms with E-state index in [1.165, 1.54) is 20.8 Å². The van der Waals surface area contributed by atoms with Gasteiger partial charge in [-0.15, -0.1) is 0 Å². The van der Waals surface area contributed by atoms with Crippen LogP contribution in [0.1, 0.15) is 41.5 Å². The number of alkyl carbamates (subject to hydrolysis) is 1. The lowest BCUT2D eigenvalue weighted by atomic mass is 9.99. The van der Waals surface area contributed by atoms with Gasteiger partial charge in [0, 0.05) is 6.92 Å². The molecule has 0 aliphatic carbocycles. The Hall–Kier alpha value is -1.37. The Balaban J connectivity index is 4.90. The fourth-order valence-electron chi connectivity index (χ4n) is 1.39. The van der Waals surface area contributed by atoms with Crippen LogP contribution in [0.5, 0.6) is 0 Å². The second-order valence-corrected chi connectivity index (χ2v) is 6.19. The second-order valence-electron chi connectivity index (χ2n) is 5.61. The summed E-state index contributed by atoms with van der Waals surface area (Å²) in [5, 5.41) is 11.6. The number of nitrogens with one attached hydrogen (secondary N) is 1. The standard InChI is InChI=1S/C12H21NO5S/c1-7(19)17-12(5,6)8(9(14)15)13-10(16)18-11(2,3)4/h8H,1-6H3,(H,13,16)(H,14,15). The molecule has 0 bridgehead atoms. The molecule has 0 aliphatic rings. The first-order valence-corrected chi connectivity index (χ1v) is 6.18. The summed E-state index contributed by atoms with van der Waals surface area (Å²) in [4.78, 5) is 22.9. The number of thiocarbonyl (C=S) groups is 1. The second kappa shape index (κ2) is 6.18. The topological polar surface area (TPSA) is 84.9 Å². The van der Waals surface area contributed by atoms with Gasteiger partial charge >= 0.3 is 12.1 Å². The summed E-state index contributed by atoms with van der Waals surface area (Å²) in [6, 6.07) is -1.28. The molecule has 0 saturated heterocycles. The summed E-state index contributed by atoms with van der Waals surface area (Å²) in [7, 11) is 0. The van der Waals surface area contributed by atoms with Crippen LogP contribution in [0.3, 0.4) is 0 Å². The minimum atomic E-state index is -1.28. The van der Waals surface area contributed by atoms with E-state index in [2.05, 4.69) is 5.32 Å². The van der Waals surface area contributed by atoms with E-state index < -0.39 is 29.3 Å². The van der Waals surface area contributed by atoms with Gasteiger partial charge in [0.1, 0.15) is 11.2 Å². The zero-order valence-corrected chi connectivity index (χ0v) is 12.9. The van der Waals surface area contributed by atoms with Crippen molar-refractivity contribution >= 4 is 29.3 Å². The number of rotatable bonds is 4. The van der Waals surface area contributed by atoms with Crippen molar-refractivity contribution in [3.8, 4) is 0 Å². The van der Waals surface area contributed by atoms with Crippen molar-refractivity contribution in [2.45, 2.75) is 58.8 Å². The SMILES string of the molecule is CC(=S)OC(C)(C)C(NC(=O)OC(C)(C)C)C(=O)O. The van der Waals surface area contributed by atoms with E-state index in [1.54, 1.807) is 20.8 Å². The molecule has 19 heavy (non-hydrogen) atoms. The van der Waals surface area contributed by atoms with Crippen molar-refractivity contribution in [1.82, 2.24) is 5.32 Å². The van der Waals surface area contributed by atoms with Crippen LogP contribution in [-0.2, 0) is 14.3 Å². The molecule has 2 N–H and O–H groups in total. The third-order valence-corrected chi connectivity index (χ3v) is 2.09. The highest BCUT2D eigenvalue weighted by Crippen LogP contribution is 2.17. The first kappa shape index (κ1) is 17.6. The molecule has 0 aromatic rings. The van der Waals surface area contributed by atoms with Crippen LogP contribution in [0.25, 0.3) is 0 Å². The molecular formula is C12H21NO5S. The van der Waals surface area contributed by atoms with Crippen molar-refractivity contribution in [2.75, 3.05) is 0 Å². The van der Waals surface area contributed by atoms with E-state index in [0.717, 1.165) is 0 Å². The average Bonchev–Trinajstić information content (AvgIpc) is 2.08. The predicted molar refractivity (Wildman–Crippen MR) is 74.2 cm³/mol. The van der Waals surface area contributed by atoms with Crippen LogP contribution in [0, 0.1) is 0 Å². The third kappa shape index (κ3) is 6.95. The molecule has 0 aromatic carbocycles. The number of carbonyl (C=O) groups is 2. The Morgan fingerprint density at radius 1 is 1.16 bits per heavy atom. The Morgan fingerprint density at radius 3 is 1.95 bits per heavy atom. The molecule has 0 aliphatic heterocycles. The first-order valence-electron chi connectivity index (χ1n) is 5.77. The monoisotopic (exact) mass is 291 g/mol. The van der Waals surface area contributed by atoms with Crippen LogP contribution in [0.4, 0.5) is 4.79 Å². The average molecular weight is 291 g/mol. The minimum absolute atomic E-state index is 0.197. The molecule has 6 nitrogen and oxygen atoms in total. The maximum absolute atomic E-state index is 11.6. The van der Waals surface area contributed by atoms with E-state index in [4.69, 9.17) is 21.7 Å². The Kier molecular flexibility index (Phi) is 5.74. The fraction of sp³-hybridized carbons (Fsp3) is 0.750. The van der Waals surface area contributed by atoms with E-state index in [0.29, 0.717) is 0 Å². The minimum Gasteiger partial charge on any atom is -0.480 e. The summed E-state index contributed by atoms with van der Waals surface area (Å²) in [6.45, 7) is 9.64. The number of carboxylic acid groups (broad SMARTS) is 1. The molecule has 7 heteroatoms. The lowest BCUT2D eigenvalue weighted by molar-refractivity contribution is -0.144. The molecule has 1 unspecified atom stereocenters. The summed E-state index contributed by atoms with van der Waals surface area (Å²) in [5.74, 6) is -1.23. The molecule has 0 aromatic heterocycles. The highest BCUT2D eigenvalue weighted by Gasteiger charge is 2.39. The molecule has 0 radical (unpaired) electrons. The number of aliphatic carboxylic acids is 1. The van der Waals surface area contributed by atoms with E-state index in [-0.39, 0.29) is 5.05 Å². The third-order valence-electron chi connectivity index (χ3n) is 2.01. The molecule has 1 amide bonds. The van der Waals surface area contributed by atoms with E-state index >= 15 is 0 Å². The number of carbonyl (C=O) groups excluding carboxylic acids is 1. The molecule has 0 fully saturated rings. The molecule has 1 atom stereocenters. The lowest BCUT2D eigenvalue weighted by Crippen LogP contribution is -2.56. The molecule has 110 valence electrons. The van der Waals surface area contributed by atoms with Crippen LogP contribution in [0.15, 0.2) is 0 Å². The number of hydrogen-bond donors (Lipinski definition) is 2. The zero-order chi connectivity index (χ0) is 15.4. The quantitative estimate of drug-likeness (QED) is 0.772. The number of carboxylic acids is 1. The van der Waals surface area contributed by atoms with Gasteiger partial charge in [-0.2, -0.15) is 0 Å². The highest BCUT2D eigenvalue weighted by molar-refractivity contribution is 7.80. The maximum atomic E-state index is 11.6. The normalized spacial score (nSPS) is 13.4. The van der Waals surface area contributed by atoms with Crippen LogP contribution < -0.4 is 5.32 Å². The van der Waals surface area contributed by atoms with Gasteiger partial charge in [0.25, 0.3) is 0 Å². The molecule has 0 heterocycles. The highest BCUT2D eigenvalue weighted by atomic mass is 32.1. The van der Waals surface area contributed by atoms with Crippen molar-refractivity contribution in [1.29, 1.82) is 0 Å². The molecule has 0 rings (SSSR count). The largest absolute Gasteiger partial charge is 0.480 e. The van der Waals surface area contributed by atoms with Gasteiger partial charge in [0.05, 0.1) is 0 Å². The molecule has 0 saturated carbocycles. The van der Waals surface area contributed by atoms with E-state index in [1.807, 2.05) is 0 Å². The summed E-state index contributed by atoms with van der Waals surface area (Å²) < 4.78 is 10.3. The zero-order valence-electron chi connectivity index (χ0n) is 12.1. The van der Waals surface area contributed by atoms with Crippen LogP contribution >= 0.6 is 12.2 Å². The van der Waals surface area contributed by atoms with Crippen molar-refractivity contribution in [2.24, 2.45) is 0 Å². The van der Waals surface area contributed by atoms with Gasteiger partial charge in [0.15, 0.2) is 11.1 Å². The number of hydrogen-bond acceptors (Lipinski definition) is 5. The summed E-state index contributed by atoms with van der Waals surface area (Å²) in [5.41, 5.74) is -1.90. The maximum Gasteiger partial charge on any atom is 0.408 e. The first-order chi connectivity index (χ1) is 8.35. The smallest absolute Gasteiger partial charge is 0.408 e. The van der Waals surface area contributed by atoms with Crippen molar-refractivity contribution in [3.63, 3.8) is 0 Å². The van der Waals surface area contributed by atoms with Gasteiger partial charge in [-0.05, 0) is 46.8 Å². The van der Waals surface area contributed by atoms with Gasteiger partial charge < -0.3 is 19.9 Å². The van der Waals surface area contributed by atoms with Crippen LogP contribution in [-0.4, -0.2) is 39.5 Å². The lowest BCUT2D eigenvalue weighted by Gasteiger charge is -2.32. The van der Waals surface area contributed by atoms with Gasteiger partial charge in [-0.3, -0.25) is 0 Å². The Bertz CT molecular complexity index is 373. The van der Waals surface area contributed by atoms with E-state index in [9.17, 15) is 14.7 Å². The number of ether oxygens (including phenoxy) is 2. The van der Waals surface area contributed by atoms with Gasteiger partial charge in [0.2, 0.25) is 0 Å². The van der Waals surface area contributed by atoms with Gasteiger partial charge in [-0.1, -0.05) is 0 Å². The number of amides is 1.